The smallest absolute Gasteiger partial charge is 0.170 e. The zero-order chi connectivity index (χ0) is 13.8. The molecule has 0 spiro atoms. The molecule has 2 rings (SSSR count). The van der Waals surface area contributed by atoms with Gasteiger partial charge in [0.2, 0.25) is 0 Å². The van der Waals surface area contributed by atoms with E-state index in [1.807, 2.05) is 30.3 Å². The SMILES string of the molecule is NC(=NO)c1ccc(Sc2cccc(Cl)c2)c(Cl)c1. The minimum atomic E-state index is 0.0289. The highest BCUT2D eigenvalue weighted by Gasteiger charge is 2.07. The van der Waals surface area contributed by atoms with Crippen LogP contribution >= 0.6 is 35.0 Å². The Hall–Kier alpha value is -1.36. The molecule has 0 unspecified atom stereocenters. The minimum absolute atomic E-state index is 0.0289. The number of nitrogens with zero attached hydrogens (tertiary/aromatic N) is 1. The van der Waals surface area contributed by atoms with Gasteiger partial charge in [0.25, 0.3) is 0 Å². The minimum Gasteiger partial charge on any atom is -0.409 e. The molecular formula is C13H10Cl2N2OS. The van der Waals surface area contributed by atoms with Gasteiger partial charge in [-0.05, 0) is 36.4 Å². The van der Waals surface area contributed by atoms with Crippen molar-refractivity contribution in [3.05, 3.63) is 58.1 Å². The topological polar surface area (TPSA) is 58.6 Å². The van der Waals surface area contributed by atoms with Crippen LogP contribution < -0.4 is 5.73 Å². The largest absolute Gasteiger partial charge is 0.409 e. The van der Waals surface area contributed by atoms with Crippen molar-refractivity contribution in [3.63, 3.8) is 0 Å². The Bertz CT molecular complexity index is 632. The Balaban J connectivity index is 2.27. The van der Waals surface area contributed by atoms with Crippen LogP contribution in [-0.2, 0) is 0 Å². The van der Waals surface area contributed by atoms with Gasteiger partial charge in [-0.3, -0.25) is 0 Å². The molecule has 0 atom stereocenters. The molecule has 0 saturated carbocycles. The summed E-state index contributed by atoms with van der Waals surface area (Å²) in [5.41, 5.74) is 6.07. The van der Waals surface area contributed by atoms with Crippen LogP contribution in [-0.4, -0.2) is 11.0 Å². The highest BCUT2D eigenvalue weighted by atomic mass is 35.5. The summed E-state index contributed by atoms with van der Waals surface area (Å²) in [6, 6.07) is 12.7. The maximum absolute atomic E-state index is 8.61. The number of hydrogen-bond donors (Lipinski definition) is 2. The van der Waals surface area contributed by atoms with Crippen LogP contribution in [0.15, 0.2) is 57.4 Å². The Morgan fingerprint density at radius 3 is 2.58 bits per heavy atom. The van der Waals surface area contributed by atoms with Gasteiger partial charge in [0.05, 0.1) is 5.02 Å². The predicted molar refractivity (Wildman–Crippen MR) is 79.5 cm³/mol. The van der Waals surface area contributed by atoms with E-state index in [1.165, 1.54) is 11.8 Å². The maximum atomic E-state index is 8.61. The summed E-state index contributed by atoms with van der Waals surface area (Å²) in [4.78, 5) is 1.87. The second kappa shape index (κ2) is 6.19. The van der Waals surface area contributed by atoms with E-state index in [0.29, 0.717) is 15.6 Å². The molecule has 2 aromatic rings. The van der Waals surface area contributed by atoms with E-state index >= 15 is 0 Å². The van der Waals surface area contributed by atoms with Crippen molar-refractivity contribution in [2.45, 2.75) is 9.79 Å². The Labute approximate surface area is 125 Å². The Morgan fingerprint density at radius 1 is 1.16 bits per heavy atom. The van der Waals surface area contributed by atoms with Gasteiger partial charge in [-0.15, -0.1) is 0 Å². The predicted octanol–water partition coefficient (Wildman–Crippen LogP) is 4.24. The first-order valence-corrected chi connectivity index (χ1v) is 6.88. The van der Waals surface area contributed by atoms with Crippen LogP contribution in [0.1, 0.15) is 5.56 Å². The van der Waals surface area contributed by atoms with Gasteiger partial charge in [0.1, 0.15) is 0 Å². The average molecular weight is 313 g/mol. The fourth-order valence-corrected chi connectivity index (χ4v) is 2.89. The summed E-state index contributed by atoms with van der Waals surface area (Å²) < 4.78 is 0. The number of amidine groups is 1. The third-order valence-electron chi connectivity index (χ3n) is 2.36. The van der Waals surface area contributed by atoms with Crippen LogP contribution in [0.25, 0.3) is 0 Å². The number of halogens is 2. The molecule has 0 fully saturated rings. The van der Waals surface area contributed by atoms with Crippen molar-refractivity contribution in [3.8, 4) is 0 Å². The van der Waals surface area contributed by atoms with E-state index in [-0.39, 0.29) is 5.84 Å². The van der Waals surface area contributed by atoms with Crippen LogP contribution in [0.2, 0.25) is 10.0 Å². The Morgan fingerprint density at radius 2 is 1.95 bits per heavy atom. The van der Waals surface area contributed by atoms with E-state index in [4.69, 9.17) is 34.1 Å². The van der Waals surface area contributed by atoms with Crippen LogP contribution in [0.5, 0.6) is 0 Å². The number of rotatable bonds is 3. The molecule has 2 aromatic carbocycles. The van der Waals surface area contributed by atoms with Crippen molar-refractivity contribution in [2.75, 3.05) is 0 Å². The first kappa shape index (κ1) is 14.1. The molecule has 0 heterocycles. The molecule has 3 nitrogen and oxygen atoms in total. The monoisotopic (exact) mass is 312 g/mol. The molecule has 3 N–H and O–H groups in total. The molecule has 19 heavy (non-hydrogen) atoms. The maximum Gasteiger partial charge on any atom is 0.170 e. The molecule has 0 saturated heterocycles. The van der Waals surface area contributed by atoms with Crippen LogP contribution in [0, 0.1) is 0 Å². The van der Waals surface area contributed by atoms with E-state index < -0.39 is 0 Å². The van der Waals surface area contributed by atoms with Crippen molar-refractivity contribution >= 4 is 40.8 Å². The van der Waals surface area contributed by atoms with Crippen molar-refractivity contribution in [1.82, 2.24) is 0 Å². The van der Waals surface area contributed by atoms with E-state index in [0.717, 1.165) is 9.79 Å². The second-order valence-electron chi connectivity index (χ2n) is 3.69. The number of hydrogen-bond acceptors (Lipinski definition) is 3. The lowest BCUT2D eigenvalue weighted by Gasteiger charge is -2.06. The summed E-state index contributed by atoms with van der Waals surface area (Å²) in [6.07, 6.45) is 0. The quantitative estimate of drug-likeness (QED) is 0.386. The molecule has 0 aromatic heterocycles. The van der Waals surface area contributed by atoms with Gasteiger partial charge in [0, 0.05) is 20.4 Å². The van der Waals surface area contributed by atoms with Gasteiger partial charge in [-0.25, -0.2) is 0 Å². The van der Waals surface area contributed by atoms with Gasteiger partial charge in [-0.2, -0.15) is 0 Å². The molecule has 98 valence electrons. The second-order valence-corrected chi connectivity index (χ2v) is 5.65. The van der Waals surface area contributed by atoms with E-state index in [1.54, 1.807) is 12.1 Å². The average Bonchev–Trinajstić information content (AvgIpc) is 2.40. The van der Waals surface area contributed by atoms with Crippen LogP contribution in [0.4, 0.5) is 0 Å². The first-order chi connectivity index (χ1) is 9.10. The highest BCUT2D eigenvalue weighted by Crippen LogP contribution is 2.34. The standard InChI is InChI=1S/C13H10Cl2N2OS/c14-9-2-1-3-10(7-9)19-12-5-4-8(6-11(12)15)13(16)17-18/h1-7,18H,(H2,16,17). The summed E-state index contributed by atoms with van der Waals surface area (Å²) >= 11 is 13.6. The Kier molecular flexibility index (Phi) is 4.58. The molecule has 0 aliphatic carbocycles. The third kappa shape index (κ3) is 3.56. The van der Waals surface area contributed by atoms with Gasteiger partial charge >= 0.3 is 0 Å². The fraction of sp³-hybridized carbons (Fsp3) is 0. The summed E-state index contributed by atoms with van der Waals surface area (Å²) in [7, 11) is 0. The highest BCUT2D eigenvalue weighted by molar-refractivity contribution is 7.99. The van der Waals surface area contributed by atoms with Crippen molar-refractivity contribution < 1.29 is 5.21 Å². The summed E-state index contributed by atoms with van der Waals surface area (Å²) in [5, 5.41) is 12.8. The molecule has 0 bridgehead atoms. The lowest BCUT2D eigenvalue weighted by atomic mass is 10.2. The van der Waals surface area contributed by atoms with E-state index in [9.17, 15) is 0 Å². The normalized spacial score (nSPS) is 11.6. The number of oxime groups is 1. The third-order valence-corrected chi connectivity index (χ3v) is 4.08. The molecule has 0 aliphatic heterocycles. The fourth-order valence-electron chi connectivity index (χ4n) is 1.46. The van der Waals surface area contributed by atoms with Crippen LogP contribution in [0.3, 0.4) is 0 Å². The molecule has 0 aliphatic rings. The summed E-state index contributed by atoms with van der Waals surface area (Å²) in [6.45, 7) is 0. The van der Waals surface area contributed by atoms with Crippen molar-refractivity contribution in [2.24, 2.45) is 10.9 Å². The lowest BCUT2D eigenvalue weighted by Crippen LogP contribution is -2.12. The lowest BCUT2D eigenvalue weighted by molar-refractivity contribution is 0.318. The van der Waals surface area contributed by atoms with E-state index in [2.05, 4.69) is 5.16 Å². The van der Waals surface area contributed by atoms with Gasteiger partial charge < -0.3 is 10.9 Å². The van der Waals surface area contributed by atoms with Gasteiger partial charge in [-0.1, -0.05) is 46.2 Å². The number of benzene rings is 2. The zero-order valence-corrected chi connectivity index (χ0v) is 12.0. The summed E-state index contributed by atoms with van der Waals surface area (Å²) in [5.74, 6) is 0.0289. The number of nitrogens with two attached hydrogens (primary N) is 1. The van der Waals surface area contributed by atoms with Gasteiger partial charge in [0.15, 0.2) is 5.84 Å². The first-order valence-electron chi connectivity index (χ1n) is 5.31. The molecule has 0 radical (unpaired) electrons. The zero-order valence-electron chi connectivity index (χ0n) is 9.68. The van der Waals surface area contributed by atoms with Crippen molar-refractivity contribution in [1.29, 1.82) is 0 Å². The molecule has 6 heteroatoms. The molecular weight excluding hydrogens is 303 g/mol. The molecule has 0 amide bonds.